The van der Waals surface area contributed by atoms with Crippen LogP contribution in [0, 0.1) is 18.7 Å². The molecule has 0 unspecified atom stereocenters. The maximum absolute atomic E-state index is 13.5. The van der Waals surface area contributed by atoms with E-state index in [-0.39, 0.29) is 17.8 Å². The number of nitrogens with zero attached hydrogens (tertiary/aromatic N) is 2. The Hall–Kier alpha value is -2.20. The fraction of sp³-hybridized carbons (Fsp3) is 0.409. The SMILES string of the molecule is Cc1cc(CN2C[C@H]3CC[C@@H](C2)N(Cc2ccccc2)C3=O)ccc1F. The molecule has 3 fully saturated rings. The number of rotatable bonds is 4. The van der Waals surface area contributed by atoms with Gasteiger partial charge in [-0.05, 0) is 42.5 Å². The van der Waals surface area contributed by atoms with Gasteiger partial charge < -0.3 is 4.90 Å². The Kier molecular flexibility index (Phi) is 4.77. The lowest BCUT2D eigenvalue weighted by molar-refractivity contribution is -0.140. The number of carbonyl (C=O) groups is 1. The van der Waals surface area contributed by atoms with Crippen molar-refractivity contribution in [3.05, 3.63) is 71.0 Å². The lowest BCUT2D eigenvalue weighted by atomic mass is 9.93. The monoisotopic (exact) mass is 352 g/mol. The molecule has 0 radical (unpaired) electrons. The van der Waals surface area contributed by atoms with Crippen LogP contribution in [0.2, 0.25) is 0 Å². The van der Waals surface area contributed by atoms with Crippen LogP contribution in [0.4, 0.5) is 4.39 Å². The second-order valence-electron chi connectivity index (χ2n) is 7.66. The first-order chi connectivity index (χ1) is 12.6. The molecule has 4 heteroatoms. The molecule has 3 heterocycles. The summed E-state index contributed by atoms with van der Waals surface area (Å²) in [5.41, 5.74) is 2.99. The number of benzene rings is 2. The van der Waals surface area contributed by atoms with Crippen molar-refractivity contribution in [2.45, 2.75) is 38.9 Å². The molecule has 2 aromatic carbocycles. The zero-order valence-corrected chi connectivity index (χ0v) is 15.2. The Labute approximate surface area is 154 Å². The number of carbonyl (C=O) groups excluding carboxylic acids is 1. The highest BCUT2D eigenvalue weighted by Crippen LogP contribution is 2.31. The van der Waals surface area contributed by atoms with E-state index in [4.69, 9.17) is 0 Å². The summed E-state index contributed by atoms with van der Waals surface area (Å²) >= 11 is 0. The molecule has 5 rings (SSSR count). The summed E-state index contributed by atoms with van der Waals surface area (Å²) in [5, 5.41) is 0. The summed E-state index contributed by atoms with van der Waals surface area (Å²) in [5.74, 6) is 0.218. The molecule has 3 aliphatic heterocycles. The van der Waals surface area contributed by atoms with Gasteiger partial charge in [-0.3, -0.25) is 9.69 Å². The summed E-state index contributed by atoms with van der Waals surface area (Å²) in [6, 6.07) is 15.8. The Morgan fingerprint density at radius 3 is 2.58 bits per heavy atom. The third kappa shape index (κ3) is 3.51. The molecule has 0 N–H and O–H groups in total. The van der Waals surface area contributed by atoms with E-state index in [1.54, 1.807) is 13.0 Å². The predicted molar refractivity (Wildman–Crippen MR) is 99.9 cm³/mol. The van der Waals surface area contributed by atoms with Crippen molar-refractivity contribution in [1.29, 1.82) is 0 Å². The minimum Gasteiger partial charge on any atom is -0.334 e. The van der Waals surface area contributed by atoms with Crippen LogP contribution in [0.1, 0.15) is 29.5 Å². The summed E-state index contributed by atoms with van der Waals surface area (Å²) in [6.45, 7) is 4.98. The number of aryl methyl sites for hydroxylation is 1. The highest BCUT2D eigenvalue weighted by Gasteiger charge is 2.40. The molecule has 3 saturated heterocycles. The summed E-state index contributed by atoms with van der Waals surface area (Å²) in [6.07, 6.45) is 2.05. The summed E-state index contributed by atoms with van der Waals surface area (Å²) in [4.78, 5) is 17.4. The van der Waals surface area contributed by atoms with Gasteiger partial charge in [-0.2, -0.15) is 0 Å². The highest BCUT2D eigenvalue weighted by molar-refractivity contribution is 5.80. The van der Waals surface area contributed by atoms with Gasteiger partial charge in [0.25, 0.3) is 0 Å². The molecule has 0 spiro atoms. The smallest absolute Gasteiger partial charge is 0.227 e. The average Bonchev–Trinajstić information content (AvgIpc) is 2.91. The Morgan fingerprint density at radius 2 is 1.81 bits per heavy atom. The van der Waals surface area contributed by atoms with Crippen molar-refractivity contribution in [2.75, 3.05) is 13.1 Å². The molecular formula is C22H25FN2O. The number of hydrogen-bond acceptors (Lipinski definition) is 2. The number of amides is 1. The lowest BCUT2D eigenvalue weighted by Gasteiger charge is -2.36. The van der Waals surface area contributed by atoms with Gasteiger partial charge in [-0.1, -0.05) is 42.5 Å². The van der Waals surface area contributed by atoms with E-state index in [2.05, 4.69) is 21.9 Å². The zero-order chi connectivity index (χ0) is 18.1. The van der Waals surface area contributed by atoms with Gasteiger partial charge in [-0.15, -0.1) is 0 Å². The molecule has 0 aromatic heterocycles. The van der Waals surface area contributed by atoms with Crippen LogP contribution >= 0.6 is 0 Å². The van der Waals surface area contributed by atoms with Crippen LogP contribution in [0.25, 0.3) is 0 Å². The zero-order valence-electron chi connectivity index (χ0n) is 15.2. The molecule has 2 bridgehead atoms. The molecule has 0 saturated carbocycles. The highest BCUT2D eigenvalue weighted by atomic mass is 19.1. The van der Waals surface area contributed by atoms with Gasteiger partial charge >= 0.3 is 0 Å². The van der Waals surface area contributed by atoms with E-state index in [1.807, 2.05) is 30.3 Å². The molecule has 3 aliphatic rings. The van der Waals surface area contributed by atoms with Crippen molar-refractivity contribution in [1.82, 2.24) is 9.80 Å². The first-order valence-corrected chi connectivity index (χ1v) is 9.42. The minimum absolute atomic E-state index is 0.0824. The van der Waals surface area contributed by atoms with Gasteiger partial charge in [0.1, 0.15) is 5.82 Å². The second-order valence-corrected chi connectivity index (χ2v) is 7.66. The third-order valence-corrected chi connectivity index (χ3v) is 5.69. The van der Waals surface area contributed by atoms with E-state index in [0.717, 1.165) is 38.0 Å². The Morgan fingerprint density at radius 1 is 1.00 bits per heavy atom. The maximum atomic E-state index is 13.5. The van der Waals surface area contributed by atoms with E-state index in [9.17, 15) is 9.18 Å². The first-order valence-electron chi connectivity index (χ1n) is 9.42. The average molecular weight is 352 g/mol. The molecule has 3 nitrogen and oxygen atoms in total. The molecule has 2 aromatic rings. The standard InChI is InChI=1S/C22H25FN2O/c1-16-11-18(7-10-21(16)23)12-24-14-19-8-9-20(15-24)25(22(19)26)13-17-5-3-2-4-6-17/h2-7,10-11,19-20H,8-9,12-15H2,1H3/t19-,20+/m1/s1. The van der Waals surface area contributed by atoms with Crippen LogP contribution in [0.3, 0.4) is 0 Å². The molecule has 26 heavy (non-hydrogen) atoms. The van der Waals surface area contributed by atoms with Crippen LogP contribution < -0.4 is 0 Å². The molecular weight excluding hydrogens is 327 g/mol. The van der Waals surface area contributed by atoms with Crippen LogP contribution in [-0.4, -0.2) is 34.8 Å². The number of halogens is 1. The van der Waals surface area contributed by atoms with E-state index in [0.29, 0.717) is 18.0 Å². The topological polar surface area (TPSA) is 23.6 Å². The van der Waals surface area contributed by atoms with Crippen molar-refractivity contribution in [3.63, 3.8) is 0 Å². The molecule has 0 aliphatic carbocycles. The van der Waals surface area contributed by atoms with Gasteiger partial charge in [0.05, 0.1) is 5.92 Å². The van der Waals surface area contributed by atoms with E-state index >= 15 is 0 Å². The first kappa shape index (κ1) is 17.2. The number of hydrogen-bond donors (Lipinski definition) is 0. The Bertz CT molecular complexity index is 792. The van der Waals surface area contributed by atoms with Crippen molar-refractivity contribution in [2.24, 2.45) is 5.92 Å². The molecule has 2 atom stereocenters. The molecule has 136 valence electrons. The lowest BCUT2D eigenvalue weighted by Crippen LogP contribution is -2.47. The minimum atomic E-state index is -0.158. The van der Waals surface area contributed by atoms with Crippen LogP contribution in [-0.2, 0) is 17.9 Å². The fourth-order valence-corrected chi connectivity index (χ4v) is 4.31. The largest absolute Gasteiger partial charge is 0.334 e. The van der Waals surface area contributed by atoms with Crippen LogP contribution in [0.15, 0.2) is 48.5 Å². The number of fused-ring (bicyclic) bond motifs is 4. The van der Waals surface area contributed by atoms with E-state index in [1.165, 1.54) is 5.56 Å². The fourth-order valence-electron chi connectivity index (χ4n) is 4.31. The van der Waals surface area contributed by atoms with Crippen molar-refractivity contribution >= 4 is 5.91 Å². The van der Waals surface area contributed by atoms with Gasteiger partial charge in [0.2, 0.25) is 5.91 Å². The predicted octanol–water partition coefficient (Wildman–Crippen LogP) is 3.76. The summed E-state index contributed by atoms with van der Waals surface area (Å²) in [7, 11) is 0. The van der Waals surface area contributed by atoms with Crippen molar-refractivity contribution < 1.29 is 9.18 Å². The normalized spacial score (nSPS) is 23.3. The summed E-state index contributed by atoms with van der Waals surface area (Å²) < 4.78 is 13.5. The van der Waals surface area contributed by atoms with Gasteiger partial charge in [0.15, 0.2) is 0 Å². The van der Waals surface area contributed by atoms with Crippen molar-refractivity contribution in [3.8, 4) is 0 Å². The quantitative estimate of drug-likeness (QED) is 0.836. The third-order valence-electron chi connectivity index (χ3n) is 5.69. The van der Waals surface area contributed by atoms with Gasteiger partial charge in [0, 0.05) is 32.2 Å². The van der Waals surface area contributed by atoms with E-state index < -0.39 is 0 Å². The second kappa shape index (κ2) is 7.20. The molecule has 1 amide bonds. The maximum Gasteiger partial charge on any atom is 0.227 e. The van der Waals surface area contributed by atoms with Crippen LogP contribution in [0.5, 0.6) is 0 Å². The Balaban J connectivity index is 1.50. The van der Waals surface area contributed by atoms with Gasteiger partial charge in [-0.25, -0.2) is 4.39 Å². The number of piperidine rings is 1.